The zero-order valence-electron chi connectivity index (χ0n) is 12.5. The van der Waals surface area contributed by atoms with Crippen LogP contribution in [0, 0.1) is 0 Å². The molecule has 1 heterocycles. The van der Waals surface area contributed by atoms with E-state index in [9.17, 15) is 0 Å². The molecule has 0 unspecified atom stereocenters. The van der Waals surface area contributed by atoms with Gasteiger partial charge in [-0.2, -0.15) is 5.10 Å². The molecule has 23 heavy (non-hydrogen) atoms. The molecule has 0 amide bonds. The molecule has 0 saturated heterocycles. The number of hydrogen-bond acceptors (Lipinski definition) is 3. The first kappa shape index (κ1) is 17.1. The monoisotopic (exact) mass is 346 g/mol. The lowest BCUT2D eigenvalue weighted by Gasteiger charge is -2.06. The van der Waals surface area contributed by atoms with Crippen LogP contribution in [0.4, 0.5) is 5.69 Å². The van der Waals surface area contributed by atoms with Gasteiger partial charge in [-0.3, -0.25) is 5.43 Å². The molecule has 0 aliphatic carbocycles. The van der Waals surface area contributed by atoms with E-state index in [2.05, 4.69) is 15.5 Å². The van der Waals surface area contributed by atoms with Gasteiger partial charge >= 0.3 is 0 Å². The predicted octanol–water partition coefficient (Wildman–Crippen LogP) is 4.78. The Balaban J connectivity index is 0.00000192. The largest absolute Gasteiger partial charge is 0.306 e. The molecule has 3 aromatic rings. The van der Waals surface area contributed by atoms with E-state index in [0.717, 1.165) is 22.6 Å². The van der Waals surface area contributed by atoms with Crippen molar-refractivity contribution in [3.8, 4) is 5.69 Å². The number of halogens is 2. The molecule has 0 bridgehead atoms. The third-order valence-electron chi connectivity index (χ3n) is 3.28. The summed E-state index contributed by atoms with van der Waals surface area (Å²) in [6.07, 6.45) is 5.45. The minimum atomic E-state index is 0. The van der Waals surface area contributed by atoms with Crippen LogP contribution in [-0.2, 0) is 0 Å². The van der Waals surface area contributed by atoms with Crippen LogP contribution in [0.2, 0.25) is 5.02 Å². The summed E-state index contributed by atoms with van der Waals surface area (Å²) in [4.78, 5) is 4.05. The average molecular weight is 347 g/mol. The molecule has 4 nitrogen and oxygen atoms in total. The number of hydrazone groups is 1. The standard InChI is InChI=1S/C17H15ClN4.ClH/c1-13(20-21-16-6-4-15(18)5-7-16)14-2-8-17(9-3-14)22-11-10-19-12-22;/h2-12,21H,1H3;1H. The maximum absolute atomic E-state index is 5.86. The van der Waals surface area contributed by atoms with Crippen LogP contribution >= 0.6 is 24.0 Å². The Morgan fingerprint density at radius 1 is 1.09 bits per heavy atom. The minimum Gasteiger partial charge on any atom is -0.306 e. The van der Waals surface area contributed by atoms with Crippen LogP contribution in [0.1, 0.15) is 12.5 Å². The normalized spacial score (nSPS) is 11.0. The SMILES string of the molecule is CC(=NNc1ccc(Cl)cc1)c1ccc(-n2ccnc2)cc1.Cl. The molecule has 1 N–H and O–H groups in total. The Labute approximate surface area is 146 Å². The molecule has 1 aromatic heterocycles. The molecule has 0 saturated carbocycles. The van der Waals surface area contributed by atoms with Crippen molar-refractivity contribution in [3.05, 3.63) is 77.8 Å². The maximum Gasteiger partial charge on any atom is 0.0991 e. The van der Waals surface area contributed by atoms with Gasteiger partial charge in [0.05, 0.1) is 17.7 Å². The number of nitrogens with one attached hydrogen (secondary N) is 1. The van der Waals surface area contributed by atoms with Crippen LogP contribution in [0.5, 0.6) is 0 Å². The molecule has 0 aliphatic heterocycles. The fraction of sp³-hybridized carbons (Fsp3) is 0.0588. The highest BCUT2D eigenvalue weighted by Gasteiger charge is 2.00. The second-order valence-electron chi connectivity index (χ2n) is 4.83. The van der Waals surface area contributed by atoms with Gasteiger partial charge in [-0.1, -0.05) is 23.7 Å². The van der Waals surface area contributed by atoms with Gasteiger partial charge in [0, 0.05) is 23.1 Å². The second-order valence-corrected chi connectivity index (χ2v) is 5.27. The fourth-order valence-electron chi connectivity index (χ4n) is 2.02. The summed E-state index contributed by atoms with van der Waals surface area (Å²) in [6.45, 7) is 1.97. The van der Waals surface area contributed by atoms with Crippen LogP contribution in [0.3, 0.4) is 0 Å². The minimum absolute atomic E-state index is 0. The van der Waals surface area contributed by atoms with Crippen molar-refractivity contribution in [2.75, 3.05) is 5.43 Å². The molecule has 0 fully saturated rings. The van der Waals surface area contributed by atoms with E-state index in [4.69, 9.17) is 11.6 Å². The van der Waals surface area contributed by atoms with E-state index in [1.54, 1.807) is 12.5 Å². The highest BCUT2D eigenvalue weighted by atomic mass is 35.5. The summed E-state index contributed by atoms with van der Waals surface area (Å²) in [7, 11) is 0. The Morgan fingerprint density at radius 3 is 2.39 bits per heavy atom. The van der Waals surface area contributed by atoms with Crippen molar-refractivity contribution in [2.24, 2.45) is 5.10 Å². The number of hydrogen-bond donors (Lipinski definition) is 1. The molecule has 118 valence electrons. The number of benzene rings is 2. The Kier molecular flexibility index (Phi) is 5.79. The molecular formula is C17H16Cl2N4. The van der Waals surface area contributed by atoms with Crippen molar-refractivity contribution in [1.82, 2.24) is 9.55 Å². The number of imidazole rings is 1. The van der Waals surface area contributed by atoms with Gasteiger partial charge in [0.1, 0.15) is 0 Å². The van der Waals surface area contributed by atoms with Gasteiger partial charge in [0.25, 0.3) is 0 Å². The first-order chi connectivity index (χ1) is 10.7. The highest BCUT2D eigenvalue weighted by Crippen LogP contribution is 2.14. The summed E-state index contributed by atoms with van der Waals surface area (Å²) in [5.41, 5.74) is 6.97. The van der Waals surface area contributed by atoms with Crippen molar-refractivity contribution in [1.29, 1.82) is 0 Å². The molecule has 0 atom stereocenters. The smallest absolute Gasteiger partial charge is 0.0991 e. The van der Waals surface area contributed by atoms with E-state index >= 15 is 0 Å². The number of nitrogens with zero attached hydrogens (tertiary/aromatic N) is 3. The third-order valence-corrected chi connectivity index (χ3v) is 3.54. The van der Waals surface area contributed by atoms with Crippen molar-refractivity contribution in [2.45, 2.75) is 6.92 Å². The number of anilines is 1. The fourth-order valence-corrected chi connectivity index (χ4v) is 2.15. The molecule has 0 spiro atoms. The zero-order chi connectivity index (χ0) is 15.4. The Bertz CT molecular complexity index is 763. The van der Waals surface area contributed by atoms with Gasteiger partial charge in [0.15, 0.2) is 0 Å². The molecule has 0 radical (unpaired) electrons. The van der Waals surface area contributed by atoms with E-state index in [1.165, 1.54) is 0 Å². The first-order valence-corrected chi connectivity index (χ1v) is 7.25. The van der Waals surface area contributed by atoms with Gasteiger partial charge in [-0.05, 0) is 48.9 Å². The molecule has 3 rings (SSSR count). The lowest BCUT2D eigenvalue weighted by atomic mass is 10.1. The summed E-state index contributed by atoms with van der Waals surface area (Å²) in [5.74, 6) is 0. The van der Waals surface area contributed by atoms with E-state index in [-0.39, 0.29) is 12.4 Å². The predicted molar refractivity (Wildman–Crippen MR) is 98.1 cm³/mol. The quantitative estimate of drug-likeness (QED) is 0.545. The molecule has 2 aromatic carbocycles. The summed E-state index contributed by atoms with van der Waals surface area (Å²) in [5, 5.41) is 5.10. The zero-order valence-corrected chi connectivity index (χ0v) is 14.1. The first-order valence-electron chi connectivity index (χ1n) is 6.87. The van der Waals surface area contributed by atoms with E-state index in [1.807, 2.05) is 66.2 Å². The Morgan fingerprint density at radius 2 is 1.78 bits per heavy atom. The van der Waals surface area contributed by atoms with Gasteiger partial charge in [0.2, 0.25) is 0 Å². The van der Waals surface area contributed by atoms with E-state index < -0.39 is 0 Å². The maximum atomic E-state index is 5.86. The summed E-state index contributed by atoms with van der Waals surface area (Å²) >= 11 is 5.86. The number of aromatic nitrogens is 2. The Hall–Kier alpha value is -2.30. The topological polar surface area (TPSA) is 42.2 Å². The number of rotatable bonds is 4. The van der Waals surface area contributed by atoms with Crippen LogP contribution < -0.4 is 5.43 Å². The van der Waals surface area contributed by atoms with E-state index in [0.29, 0.717) is 5.02 Å². The third kappa shape index (κ3) is 4.34. The van der Waals surface area contributed by atoms with Crippen LogP contribution in [0.25, 0.3) is 5.69 Å². The van der Waals surface area contributed by atoms with Gasteiger partial charge in [-0.25, -0.2) is 4.98 Å². The lowest BCUT2D eigenvalue weighted by molar-refractivity contribution is 1.06. The van der Waals surface area contributed by atoms with Crippen LogP contribution in [-0.4, -0.2) is 15.3 Å². The molecule has 6 heteroatoms. The van der Waals surface area contributed by atoms with Crippen LogP contribution in [0.15, 0.2) is 72.4 Å². The molecular weight excluding hydrogens is 331 g/mol. The summed E-state index contributed by atoms with van der Waals surface area (Å²) in [6, 6.07) is 15.6. The van der Waals surface area contributed by atoms with Gasteiger partial charge in [-0.15, -0.1) is 12.4 Å². The van der Waals surface area contributed by atoms with Crippen molar-refractivity contribution in [3.63, 3.8) is 0 Å². The lowest BCUT2D eigenvalue weighted by Crippen LogP contribution is -2.00. The van der Waals surface area contributed by atoms with Crippen molar-refractivity contribution >= 4 is 35.4 Å². The highest BCUT2D eigenvalue weighted by molar-refractivity contribution is 6.30. The summed E-state index contributed by atoms with van der Waals surface area (Å²) < 4.78 is 1.96. The average Bonchev–Trinajstić information content (AvgIpc) is 3.09. The molecule has 0 aliphatic rings. The second kappa shape index (κ2) is 7.81. The van der Waals surface area contributed by atoms with Gasteiger partial charge < -0.3 is 4.57 Å². The van der Waals surface area contributed by atoms with Crippen molar-refractivity contribution < 1.29 is 0 Å².